The first-order valence-electron chi connectivity index (χ1n) is 5.03. The Morgan fingerprint density at radius 3 is 2.78 bits per heavy atom. The standard InChI is InChI=1S/C11H10BrFN4O/c1-6-4-10(16-11(15-6)17-14)18-7-2-3-9(13)8(12)5-7/h2-5H,14H2,1H3,(H,15,16,17). The van der Waals surface area contributed by atoms with Gasteiger partial charge in [0, 0.05) is 11.8 Å². The SMILES string of the molecule is Cc1cc(Oc2ccc(F)c(Br)c2)nc(NN)n1. The summed E-state index contributed by atoms with van der Waals surface area (Å²) in [6.07, 6.45) is 0. The number of rotatable bonds is 3. The quantitative estimate of drug-likeness (QED) is 0.673. The number of anilines is 1. The highest BCUT2D eigenvalue weighted by atomic mass is 79.9. The maximum Gasteiger partial charge on any atom is 0.240 e. The van der Waals surface area contributed by atoms with E-state index in [1.54, 1.807) is 13.0 Å². The van der Waals surface area contributed by atoms with Crippen LogP contribution in [0.2, 0.25) is 0 Å². The molecule has 0 aliphatic carbocycles. The molecule has 0 aliphatic heterocycles. The van der Waals surface area contributed by atoms with E-state index in [9.17, 15) is 4.39 Å². The van der Waals surface area contributed by atoms with Crippen LogP contribution in [0, 0.1) is 12.7 Å². The van der Waals surface area contributed by atoms with Gasteiger partial charge in [0.2, 0.25) is 11.8 Å². The van der Waals surface area contributed by atoms with Crippen LogP contribution >= 0.6 is 15.9 Å². The van der Waals surface area contributed by atoms with E-state index in [1.165, 1.54) is 18.2 Å². The van der Waals surface area contributed by atoms with Gasteiger partial charge >= 0.3 is 0 Å². The Bertz CT molecular complexity index is 579. The molecule has 0 radical (unpaired) electrons. The van der Waals surface area contributed by atoms with Gasteiger partial charge in [-0.05, 0) is 41.1 Å². The Morgan fingerprint density at radius 2 is 2.11 bits per heavy atom. The molecule has 0 unspecified atom stereocenters. The van der Waals surface area contributed by atoms with Gasteiger partial charge in [-0.15, -0.1) is 0 Å². The molecule has 1 heterocycles. The largest absolute Gasteiger partial charge is 0.439 e. The molecule has 94 valence electrons. The highest BCUT2D eigenvalue weighted by molar-refractivity contribution is 9.10. The summed E-state index contributed by atoms with van der Waals surface area (Å²) >= 11 is 3.08. The smallest absolute Gasteiger partial charge is 0.240 e. The van der Waals surface area contributed by atoms with Crippen LogP contribution in [0.3, 0.4) is 0 Å². The van der Waals surface area contributed by atoms with Gasteiger partial charge in [-0.2, -0.15) is 4.98 Å². The summed E-state index contributed by atoms with van der Waals surface area (Å²) in [5, 5.41) is 0. The van der Waals surface area contributed by atoms with Gasteiger partial charge in [-0.25, -0.2) is 15.2 Å². The summed E-state index contributed by atoms with van der Waals surface area (Å²) in [4.78, 5) is 8.05. The van der Waals surface area contributed by atoms with Gasteiger partial charge in [0.25, 0.3) is 0 Å². The number of hydrogen-bond donors (Lipinski definition) is 2. The van der Waals surface area contributed by atoms with Crippen LogP contribution in [0.1, 0.15) is 5.69 Å². The Labute approximate surface area is 111 Å². The molecule has 1 aromatic carbocycles. The number of aryl methyl sites for hydroxylation is 1. The van der Waals surface area contributed by atoms with Crippen LogP contribution in [0.25, 0.3) is 0 Å². The number of benzene rings is 1. The minimum absolute atomic E-state index is 0.256. The van der Waals surface area contributed by atoms with Gasteiger partial charge in [0.1, 0.15) is 11.6 Å². The van der Waals surface area contributed by atoms with Gasteiger partial charge in [-0.3, -0.25) is 5.43 Å². The number of hydrazine groups is 1. The van der Waals surface area contributed by atoms with Crippen LogP contribution in [0.5, 0.6) is 11.6 Å². The van der Waals surface area contributed by atoms with Gasteiger partial charge in [-0.1, -0.05) is 0 Å². The zero-order chi connectivity index (χ0) is 13.1. The minimum Gasteiger partial charge on any atom is -0.439 e. The van der Waals surface area contributed by atoms with Crippen LogP contribution in [-0.4, -0.2) is 9.97 Å². The highest BCUT2D eigenvalue weighted by Gasteiger charge is 2.06. The van der Waals surface area contributed by atoms with Gasteiger partial charge < -0.3 is 4.74 Å². The van der Waals surface area contributed by atoms with E-state index < -0.39 is 0 Å². The van der Waals surface area contributed by atoms with Crippen molar-refractivity contribution in [1.29, 1.82) is 0 Å². The lowest BCUT2D eigenvalue weighted by Gasteiger charge is -2.07. The molecule has 7 heteroatoms. The lowest BCUT2D eigenvalue weighted by atomic mass is 10.3. The molecule has 5 nitrogen and oxygen atoms in total. The summed E-state index contributed by atoms with van der Waals surface area (Å²) in [5.41, 5.74) is 3.05. The summed E-state index contributed by atoms with van der Waals surface area (Å²) in [6, 6.07) is 5.98. The number of halogens is 2. The van der Waals surface area contributed by atoms with Crippen molar-refractivity contribution < 1.29 is 9.13 Å². The number of ether oxygens (including phenoxy) is 1. The number of nitrogens with two attached hydrogens (primary N) is 1. The summed E-state index contributed by atoms with van der Waals surface area (Å²) in [6.45, 7) is 1.79. The first kappa shape index (κ1) is 12.7. The normalized spacial score (nSPS) is 10.2. The van der Waals surface area contributed by atoms with Crippen LogP contribution < -0.4 is 16.0 Å². The third-order valence-corrected chi connectivity index (χ3v) is 2.68. The molecule has 18 heavy (non-hydrogen) atoms. The van der Waals surface area contributed by atoms with Crippen molar-refractivity contribution in [2.24, 2.45) is 5.84 Å². The monoisotopic (exact) mass is 312 g/mol. The lowest BCUT2D eigenvalue weighted by Crippen LogP contribution is -2.11. The Balaban J connectivity index is 2.27. The number of aromatic nitrogens is 2. The topological polar surface area (TPSA) is 73.1 Å². The summed E-state index contributed by atoms with van der Waals surface area (Å²) in [7, 11) is 0. The molecule has 0 fully saturated rings. The Kier molecular flexibility index (Phi) is 3.73. The van der Waals surface area contributed by atoms with Crippen molar-refractivity contribution in [3.05, 3.63) is 40.2 Å². The highest BCUT2D eigenvalue weighted by Crippen LogP contribution is 2.25. The zero-order valence-corrected chi connectivity index (χ0v) is 11.0. The maximum atomic E-state index is 13.1. The van der Waals surface area contributed by atoms with E-state index in [-0.39, 0.29) is 11.8 Å². The van der Waals surface area contributed by atoms with Crippen molar-refractivity contribution >= 4 is 21.9 Å². The fraction of sp³-hybridized carbons (Fsp3) is 0.0909. The van der Waals surface area contributed by atoms with E-state index in [0.717, 1.165) is 0 Å². The molecule has 0 saturated heterocycles. The molecule has 0 amide bonds. The second kappa shape index (κ2) is 5.28. The number of hydrogen-bond acceptors (Lipinski definition) is 5. The van der Waals surface area contributed by atoms with E-state index in [1.807, 2.05) is 0 Å². The number of nitrogens with zero attached hydrogens (tertiary/aromatic N) is 2. The van der Waals surface area contributed by atoms with Crippen molar-refractivity contribution in [3.63, 3.8) is 0 Å². The summed E-state index contributed by atoms with van der Waals surface area (Å²) < 4.78 is 18.9. The first-order chi connectivity index (χ1) is 8.58. The van der Waals surface area contributed by atoms with E-state index in [0.29, 0.717) is 21.8 Å². The minimum atomic E-state index is -0.356. The molecule has 0 aliphatic rings. The predicted molar refractivity (Wildman–Crippen MR) is 68.8 cm³/mol. The third kappa shape index (κ3) is 2.93. The van der Waals surface area contributed by atoms with E-state index >= 15 is 0 Å². The summed E-state index contributed by atoms with van der Waals surface area (Å²) in [5.74, 6) is 5.93. The molecular formula is C11H10BrFN4O. The number of nitrogen functional groups attached to an aromatic ring is 1. The molecule has 2 rings (SSSR count). The second-order valence-corrected chi connectivity index (χ2v) is 4.35. The molecule has 0 atom stereocenters. The van der Waals surface area contributed by atoms with Crippen LogP contribution in [-0.2, 0) is 0 Å². The van der Waals surface area contributed by atoms with E-state index in [2.05, 4.69) is 31.3 Å². The van der Waals surface area contributed by atoms with Crippen molar-refractivity contribution in [2.45, 2.75) is 6.92 Å². The second-order valence-electron chi connectivity index (χ2n) is 3.49. The average Bonchev–Trinajstić information content (AvgIpc) is 2.33. The van der Waals surface area contributed by atoms with Crippen LogP contribution in [0.4, 0.5) is 10.3 Å². The average molecular weight is 313 g/mol. The Morgan fingerprint density at radius 1 is 1.33 bits per heavy atom. The predicted octanol–water partition coefficient (Wildman–Crippen LogP) is 2.76. The maximum absolute atomic E-state index is 13.1. The molecule has 0 saturated carbocycles. The fourth-order valence-electron chi connectivity index (χ4n) is 1.32. The van der Waals surface area contributed by atoms with Crippen LogP contribution in [0.15, 0.2) is 28.7 Å². The van der Waals surface area contributed by atoms with Gasteiger partial charge in [0.05, 0.1) is 4.47 Å². The molecule has 0 bridgehead atoms. The molecule has 2 aromatic rings. The van der Waals surface area contributed by atoms with E-state index in [4.69, 9.17) is 10.6 Å². The number of nitrogens with one attached hydrogen (secondary N) is 1. The lowest BCUT2D eigenvalue weighted by molar-refractivity contribution is 0.459. The molecule has 0 spiro atoms. The van der Waals surface area contributed by atoms with Crippen molar-refractivity contribution in [3.8, 4) is 11.6 Å². The van der Waals surface area contributed by atoms with Gasteiger partial charge in [0.15, 0.2) is 0 Å². The van der Waals surface area contributed by atoms with Crippen molar-refractivity contribution in [2.75, 3.05) is 5.43 Å². The third-order valence-electron chi connectivity index (χ3n) is 2.07. The molecular weight excluding hydrogens is 303 g/mol. The first-order valence-corrected chi connectivity index (χ1v) is 5.83. The molecule has 3 N–H and O–H groups in total. The fourth-order valence-corrected chi connectivity index (χ4v) is 1.68. The van der Waals surface area contributed by atoms with Crippen molar-refractivity contribution in [1.82, 2.24) is 9.97 Å². The zero-order valence-electron chi connectivity index (χ0n) is 9.45. The Hall–Kier alpha value is -1.73. The molecule has 1 aromatic heterocycles.